The summed E-state index contributed by atoms with van der Waals surface area (Å²) in [7, 11) is -1.37. The fourth-order valence-corrected chi connectivity index (χ4v) is 4.94. The van der Waals surface area contributed by atoms with Crippen LogP contribution >= 0.6 is 11.3 Å². The lowest BCUT2D eigenvalue weighted by Gasteiger charge is -2.29. The highest BCUT2D eigenvalue weighted by Crippen LogP contribution is 2.20. The minimum atomic E-state index is -3.40. The monoisotopic (exact) mass is 331 g/mol. The Morgan fingerprint density at radius 3 is 2.90 bits per heavy atom. The van der Waals surface area contributed by atoms with Gasteiger partial charge in [0.25, 0.3) is 0 Å². The summed E-state index contributed by atoms with van der Waals surface area (Å²) in [5.74, 6) is 0. The average Bonchev–Trinajstić information content (AvgIpc) is 2.85. The summed E-state index contributed by atoms with van der Waals surface area (Å²) < 4.78 is 27.7. The molecule has 1 fully saturated rings. The van der Waals surface area contributed by atoms with Crippen molar-refractivity contribution in [2.45, 2.75) is 50.2 Å². The average molecular weight is 332 g/mol. The Labute approximate surface area is 131 Å². The minimum Gasteiger partial charge on any atom is -0.310 e. The van der Waals surface area contributed by atoms with E-state index in [-0.39, 0.29) is 6.04 Å². The summed E-state index contributed by atoms with van der Waals surface area (Å²) in [6.07, 6.45) is 1.95. The second-order valence-corrected chi connectivity index (χ2v) is 8.72. The third-order valence-electron chi connectivity index (χ3n) is 3.57. The lowest BCUT2D eigenvalue weighted by molar-refractivity contribution is 0.242. The predicted molar refractivity (Wildman–Crippen MR) is 87.1 cm³/mol. The Morgan fingerprint density at radius 1 is 1.48 bits per heavy atom. The molecule has 1 aromatic rings. The number of rotatable bonds is 6. The van der Waals surface area contributed by atoms with Crippen LogP contribution in [0, 0.1) is 0 Å². The molecule has 2 N–H and O–H groups in total. The van der Waals surface area contributed by atoms with Gasteiger partial charge in [0.2, 0.25) is 10.0 Å². The molecule has 21 heavy (non-hydrogen) atoms. The highest BCUT2D eigenvalue weighted by molar-refractivity contribution is 7.89. The largest absolute Gasteiger partial charge is 0.310 e. The van der Waals surface area contributed by atoms with Gasteiger partial charge in [-0.1, -0.05) is 13.8 Å². The topological polar surface area (TPSA) is 61.4 Å². The van der Waals surface area contributed by atoms with E-state index >= 15 is 0 Å². The van der Waals surface area contributed by atoms with Gasteiger partial charge in [-0.15, -0.1) is 11.3 Å². The smallest absolute Gasteiger partial charge is 0.241 e. The number of likely N-dealkylation sites (tertiary alicyclic amines) is 1. The van der Waals surface area contributed by atoms with Gasteiger partial charge in [0.05, 0.1) is 4.90 Å². The molecule has 0 bridgehead atoms. The van der Waals surface area contributed by atoms with Crippen molar-refractivity contribution < 1.29 is 8.42 Å². The molecule has 1 aromatic heterocycles. The SMILES string of the molecule is CC(C)NCc1cc(S(=O)(=O)NC2CCCN(C)C2)cs1. The fourth-order valence-electron chi connectivity index (χ4n) is 2.45. The molecular formula is C14H25N3O2S2. The zero-order valence-corrected chi connectivity index (χ0v) is 14.6. The van der Waals surface area contributed by atoms with Gasteiger partial charge in [0.1, 0.15) is 0 Å². The highest BCUT2D eigenvalue weighted by Gasteiger charge is 2.24. The van der Waals surface area contributed by atoms with E-state index < -0.39 is 10.0 Å². The third kappa shape index (κ3) is 5.03. The summed E-state index contributed by atoms with van der Waals surface area (Å²) in [4.78, 5) is 3.61. The van der Waals surface area contributed by atoms with Gasteiger partial charge in [-0.2, -0.15) is 0 Å². The lowest BCUT2D eigenvalue weighted by atomic mass is 10.1. The maximum atomic E-state index is 12.4. The summed E-state index contributed by atoms with van der Waals surface area (Å²) >= 11 is 1.49. The zero-order chi connectivity index (χ0) is 15.5. The lowest BCUT2D eigenvalue weighted by Crippen LogP contribution is -2.46. The van der Waals surface area contributed by atoms with E-state index in [2.05, 4.69) is 28.8 Å². The number of nitrogens with one attached hydrogen (secondary N) is 2. The standard InChI is InChI=1S/C14H25N3O2S2/c1-11(2)15-8-13-7-14(10-20-13)21(18,19)16-12-5-4-6-17(3)9-12/h7,10-12,15-16H,4-6,8-9H2,1-3H3. The van der Waals surface area contributed by atoms with Crippen molar-refractivity contribution in [3.8, 4) is 0 Å². The van der Waals surface area contributed by atoms with Crippen molar-refractivity contribution in [2.24, 2.45) is 0 Å². The van der Waals surface area contributed by atoms with Crippen LogP contribution in [0.4, 0.5) is 0 Å². The van der Waals surface area contributed by atoms with E-state index in [9.17, 15) is 8.42 Å². The Hall–Kier alpha value is -0.470. The minimum absolute atomic E-state index is 0.0193. The van der Waals surface area contributed by atoms with Crippen LogP contribution in [-0.4, -0.2) is 45.5 Å². The summed E-state index contributed by atoms with van der Waals surface area (Å²) in [6, 6.07) is 2.18. The van der Waals surface area contributed by atoms with E-state index in [4.69, 9.17) is 0 Å². The molecule has 1 aliphatic rings. The van der Waals surface area contributed by atoms with Gasteiger partial charge in [-0.05, 0) is 32.5 Å². The van der Waals surface area contributed by atoms with Crippen LogP contribution in [0.25, 0.3) is 0 Å². The molecule has 0 aromatic carbocycles. The maximum absolute atomic E-state index is 12.4. The van der Waals surface area contributed by atoms with Crippen LogP contribution in [0.5, 0.6) is 0 Å². The maximum Gasteiger partial charge on any atom is 0.241 e. The van der Waals surface area contributed by atoms with E-state index in [0.717, 1.165) is 30.8 Å². The number of sulfonamides is 1. The molecule has 0 saturated carbocycles. The van der Waals surface area contributed by atoms with Crippen LogP contribution < -0.4 is 10.0 Å². The van der Waals surface area contributed by atoms with E-state index in [1.165, 1.54) is 11.3 Å². The van der Waals surface area contributed by atoms with E-state index in [0.29, 0.717) is 17.5 Å². The van der Waals surface area contributed by atoms with Crippen LogP contribution in [0.15, 0.2) is 16.3 Å². The molecule has 1 saturated heterocycles. The molecule has 5 nitrogen and oxygen atoms in total. The number of piperidine rings is 1. The van der Waals surface area contributed by atoms with Gasteiger partial charge in [0, 0.05) is 35.4 Å². The second kappa shape index (κ2) is 7.19. The third-order valence-corrected chi connectivity index (χ3v) is 6.16. The van der Waals surface area contributed by atoms with Crippen molar-refractivity contribution in [1.82, 2.24) is 14.9 Å². The van der Waals surface area contributed by atoms with E-state index in [1.807, 2.05) is 7.05 Å². The Bertz CT molecular complexity index is 554. The number of nitrogens with zero attached hydrogens (tertiary/aromatic N) is 1. The van der Waals surface area contributed by atoms with Crippen molar-refractivity contribution in [1.29, 1.82) is 0 Å². The Morgan fingerprint density at radius 2 is 2.24 bits per heavy atom. The zero-order valence-electron chi connectivity index (χ0n) is 12.9. The normalized spacial score (nSPS) is 21.0. The highest BCUT2D eigenvalue weighted by atomic mass is 32.2. The second-order valence-electron chi connectivity index (χ2n) is 6.01. The van der Waals surface area contributed by atoms with Crippen LogP contribution in [0.3, 0.4) is 0 Å². The van der Waals surface area contributed by atoms with Crippen molar-refractivity contribution in [3.05, 3.63) is 16.3 Å². The fraction of sp³-hybridized carbons (Fsp3) is 0.714. The predicted octanol–water partition coefficient (Wildman–Crippen LogP) is 1.62. The molecule has 2 heterocycles. The number of thiophene rings is 1. The first-order valence-corrected chi connectivity index (χ1v) is 9.75. The Kier molecular flexibility index (Phi) is 5.79. The van der Waals surface area contributed by atoms with Gasteiger partial charge in [0.15, 0.2) is 0 Å². The van der Waals surface area contributed by atoms with Crippen molar-refractivity contribution >= 4 is 21.4 Å². The molecule has 0 radical (unpaired) electrons. The molecular weight excluding hydrogens is 306 g/mol. The molecule has 0 aliphatic carbocycles. The van der Waals surface area contributed by atoms with Crippen LogP contribution in [0.2, 0.25) is 0 Å². The Balaban J connectivity index is 1.98. The van der Waals surface area contributed by atoms with Crippen LogP contribution in [-0.2, 0) is 16.6 Å². The van der Waals surface area contributed by atoms with E-state index in [1.54, 1.807) is 11.4 Å². The molecule has 7 heteroatoms. The summed E-state index contributed by atoms with van der Waals surface area (Å²) in [6.45, 7) is 6.69. The molecule has 1 unspecified atom stereocenters. The van der Waals surface area contributed by atoms with Gasteiger partial charge >= 0.3 is 0 Å². The molecule has 2 rings (SSSR count). The van der Waals surface area contributed by atoms with Crippen LogP contribution in [0.1, 0.15) is 31.6 Å². The summed E-state index contributed by atoms with van der Waals surface area (Å²) in [5.41, 5.74) is 0. The van der Waals surface area contributed by atoms with Gasteiger partial charge in [-0.3, -0.25) is 0 Å². The number of likely N-dealkylation sites (N-methyl/N-ethyl adjacent to an activating group) is 1. The number of hydrogen-bond donors (Lipinski definition) is 2. The molecule has 1 atom stereocenters. The molecule has 120 valence electrons. The number of hydrogen-bond acceptors (Lipinski definition) is 5. The van der Waals surface area contributed by atoms with Crippen molar-refractivity contribution in [3.63, 3.8) is 0 Å². The first-order valence-electron chi connectivity index (χ1n) is 7.38. The first-order chi connectivity index (χ1) is 9.87. The summed E-state index contributed by atoms with van der Waals surface area (Å²) in [5, 5.41) is 5.03. The molecule has 1 aliphatic heterocycles. The van der Waals surface area contributed by atoms with Gasteiger partial charge < -0.3 is 10.2 Å². The molecule has 0 spiro atoms. The van der Waals surface area contributed by atoms with Gasteiger partial charge in [-0.25, -0.2) is 13.1 Å². The molecule has 0 amide bonds. The van der Waals surface area contributed by atoms with Crippen molar-refractivity contribution in [2.75, 3.05) is 20.1 Å². The first kappa shape index (κ1) is 16.9. The quantitative estimate of drug-likeness (QED) is 0.831.